The van der Waals surface area contributed by atoms with Crippen molar-refractivity contribution in [2.24, 2.45) is 0 Å². The lowest BCUT2D eigenvalue weighted by molar-refractivity contribution is 0.0641. The molecule has 0 spiro atoms. The molecule has 2 aromatic carbocycles. The number of benzene rings is 2. The minimum atomic E-state index is -1.31. The number of hydrogen-bond acceptors (Lipinski definition) is 3. The normalized spacial score (nSPS) is 14.0. The predicted octanol–water partition coefficient (Wildman–Crippen LogP) is 3.55. The molecule has 5 heteroatoms. The van der Waals surface area contributed by atoms with E-state index in [1.54, 1.807) is 30.3 Å². The van der Waals surface area contributed by atoms with Crippen molar-refractivity contribution in [3.8, 4) is 0 Å². The molecular weight excluding hydrogens is 329 g/mol. The van der Waals surface area contributed by atoms with Crippen molar-refractivity contribution in [3.05, 3.63) is 70.0 Å². The van der Waals surface area contributed by atoms with Gasteiger partial charge in [-0.2, -0.15) is 0 Å². The summed E-state index contributed by atoms with van der Waals surface area (Å²) >= 11 is 6.01. The summed E-state index contributed by atoms with van der Waals surface area (Å²) in [5.74, 6) is -0.354. The van der Waals surface area contributed by atoms with Gasteiger partial charge >= 0.3 is 0 Å². The minimum absolute atomic E-state index is 0.229. The van der Waals surface area contributed by atoms with Gasteiger partial charge in [-0.3, -0.25) is 0 Å². The van der Waals surface area contributed by atoms with Gasteiger partial charge in [-0.05, 0) is 74.4 Å². The summed E-state index contributed by atoms with van der Waals surface area (Å²) in [5, 5.41) is 21.6. The van der Waals surface area contributed by atoms with Crippen LogP contribution in [-0.2, 0) is 12.2 Å². The van der Waals surface area contributed by atoms with Gasteiger partial charge in [0.25, 0.3) is 0 Å². The van der Waals surface area contributed by atoms with E-state index in [9.17, 15) is 14.6 Å². The zero-order valence-corrected chi connectivity index (χ0v) is 14.7. The molecule has 130 valence electrons. The molecule has 0 fully saturated rings. The fourth-order valence-electron chi connectivity index (χ4n) is 2.91. The largest absolute Gasteiger partial charge is 0.392 e. The molecule has 1 atom stereocenters. The molecule has 0 aliphatic rings. The number of rotatable bonds is 7. The summed E-state index contributed by atoms with van der Waals surface area (Å²) in [6.45, 7) is 0.582. The molecule has 2 N–H and O–H groups in total. The SMILES string of the molecule is CN(C)CCCC(O)(c1ccc(F)cc1)c1ccc(Cl)cc1CO. The van der Waals surface area contributed by atoms with Crippen LogP contribution in [0, 0.1) is 5.82 Å². The van der Waals surface area contributed by atoms with Crippen LogP contribution in [0.5, 0.6) is 0 Å². The summed E-state index contributed by atoms with van der Waals surface area (Å²) in [6.07, 6.45) is 1.19. The molecule has 1 unspecified atom stereocenters. The molecule has 24 heavy (non-hydrogen) atoms. The van der Waals surface area contributed by atoms with Crippen molar-refractivity contribution >= 4 is 11.6 Å². The third-order valence-electron chi connectivity index (χ3n) is 4.15. The van der Waals surface area contributed by atoms with Crippen molar-refractivity contribution in [1.29, 1.82) is 0 Å². The molecule has 0 aromatic heterocycles. The highest BCUT2D eigenvalue weighted by Crippen LogP contribution is 2.37. The van der Waals surface area contributed by atoms with Crippen LogP contribution in [0.25, 0.3) is 0 Å². The molecule has 0 aliphatic carbocycles. The number of halogens is 2. The van der Waals surface area contributed by atoms with E-state index >= 15 is 0 Å². The monoisotopic (exact) mass is 351 g/mol. The lowest BCUT2D eigenvalue weighted by Gasteiger charge is -2.32. The highest BCUT2D eigenvalue weighted by molar-refractivity contribution is 6.30. The topological polar surface area (TPSA) is 43.7 Å². The smallest absolute Gasteiger partial charge is 0.123 e. The van der Waals surface area contributed by atoms with Crippen molar-refractivity contribution in [2.75, 3.05) is 20.6 Å². The maximum absolute atomic E-state index is 13.3. The summed E-state index contributed by atoms with van der Waals surface area (Å²) < 4.78 is 13.3. The highest BCUT2D eigenvalue weighted by Gasteiger charge is 2.33. The molecule has 0 bridgehead atoms. The number of aliphatic hydroxyl groups is 2. The Morgan fingerprint density at radius 1 is 1.12 bits per heavy atom. The average molecular weight is 352 g/mol. The maximum atomic E-state index is 13.3. The first-order valence-electron chi connectivity index (χ1n) is 7.89. The number of hydrogen-bond donors (Lipinski definition) is 2. The standard InChI is InChI=1S/C19H23ClFNO2/c1-22(2)11-3-10-19(24,15-4-7-17(21)8-5-15)18-9-6-16(20)12-14(18)13-23/h4-9,12,23-24H,3,10-11,13H2,1-2H3. The van der Waals surface area contributed by atoms with Crippen LogP contribution in [-0.4, -0.2) is 35.8 Å². The summed E-state index contributed by atoms with van der Waals surface area (Å²) in [6, 6.07) is 10.9. The van der Waals surface area contributed by atoms with Crippen LogP contribution >= 0.6 is 11.6 Å². The van der Waals surface area contributed by atoms with E-state index in [-0.39, 0.29) is 12.4 Å². The van der Waals surface area contributed by atoms with E-state index < -0.39 is 5.60 Å². The lowest BCUT2D eigenvalue weighted by atomic mass is 9.80. The van der Waals surface area contributed by atoms with E-state index in [1.807, 2.05) is 19.0 Å². The van der Waals surface area contributed by atoms with Gasteiger partial charge in [0.15, 0.2) is 0 Å². The van der Waals surface area contributed by atoms with Crippen LogP contribution in [0.3, 0.4) is 0 Å². The Bertz CT molecular complexity index is 676. The van der Waals surface area contributed by atoms with E-state index in [2.05, 4.69) is 0 Å². The number of aliphatic hydroxyl groups excluding tert-OH is 1. The second-order valence-corrected chi connectivity index (χ2v) is 6.67. The Balaban J connectivity index is 2.47. The van der Waals surface area contributed by atoms with Crippen LogP contribution < -0.4 is 0 Å². The maximum Gasteiger partial charge on any atom is 0.123 e. The first kappa shape index (κ1) is 18.9. The van der Waals surface area contributed by atoms with Crippen LogP contribution in [0.1, 0.15) is 29.5 Å². The zero-order chi connectivity index (χ0) is 17.7. The molecule has 0 saturated heterocycles. The van der Waals surface area contributed by atoms with Gasteiger partial charge in [-0.15, -0.1) is 0 Å². The summed E-state index contributed by atoms with van der Waals surface area (Å²) in [4.78, 5) is 2.04. The molecule has 0 aliphatic heterocycles. The second-order valence-electron chi connectivity index (χ2n) is 6.23. The molecule has 0 amide bonds. The molecular formula is C19H23ClFNO2. The van der Waals surface area contributed by atoms with Crippen LogP contribution in [0.15, 0.2) is 42.5 Å². The van der Waals surface area contributed by atoms with Crippen molar-refractivity contribution in [2.45, 2.75) is 25.0 Å². The van der Waals surface area contributed by atoms with Gasteiger partial charge in [-0.25, -0.2) is 4.39 Å². The first-order chi connectivity index (χ1) is 11.4. The van der Waals surface area contributed by atoms with Crippen LogP contribution in [0.4, 0.5) is 4.39 Å². The molecule has 0 heterocycles. The van der Waals surface area contributed by atoms with Gasteiger partial charge in [0.1, 0.15) is 11.4 Å². The summed E-state index contributed by atoms with van der Waals surface area (Å²) in [5.41, 5.74) is 0.449. The first-order valence-corrected chi connectivity index (χ1v) is 8.27. The fraction of sp³-hybridized carbons (Fsp3) is 0.368. The Morgan fingerprint density at radius 2 is 1.79 bits per heavy atom. The second kappa shape index (κ2) is 8.08. The van der Waals surface area contributed by atoms with Gasteiger partial charge < -0.3 is 15.1 Å². The van der Waals surface area contributed by atoms with Crippen molar-refractivity contribution in [3.63, 3.8) is 0 Å². The molecule has 0 saturated carbocycles. The zero-order valence-electron chi connectivity index (χ0n) is 14.0. The van der Waals surface area contributed by atoms with E-state index in [0.29, 0.717) is 28.1 Å². The summed E-state index contributed by atoms with van der Waals surface area (Å²) in [7, 11) is 3.94. The van der Waals surface area contributed by atoms with Gasteiger partial charge in [0.2, 0.25) is 0 Å². The minimum Gasteiger partial charge on any atom is -0.392 e. The van der Waals surface area contributed by atoms with Gasteiger partial charge in [-0.1, -0.05) is 29.8 Å². The van der Waals surface area contributed by atoms with E-state index in [4.69, 9.17) is 11.6 Å². The molecule has 3 nitrogen and oxygen atoms in total. The molecule has 0 radical (unpaired) electrons. The molecule has 2 rings (SSSR count). The lowest BCUT2D eigenvalue weighted by Crippen LogP contribution is -2.30. The van der Waals surface area contributed by atoms with Crippen molar-refractivity contribution in [1.82, 2.24) is 4.90 Å². The molecule has 2 aromatic rings. The number of nitrogens with zero attached hydrogens (tertiary/aromatic N) is 1. The highest BCUT2D eigenvalue weighted by atomic mass is 35.5. The van der Waals surface area contributed by atoms with Gasteiger partial charge in [0, 0.05) is 5.02 Å². The Labute approximate surface area is 147 Å². The Hall–Kier alpha value is -1.46. The van der Waals surface area contributed by atoms with Gasteiger partial charge in [0.05, 0.1) is 6.61 Å². The Morgan fingerprint density at radius 3 is 2.38 bits per heavy atom. The predicted molar refractivity (Wildman–Crippen MR) is 94.6 cm³/mol. The van der Waals surface area contributed by atoms with E-state index in [1.165, 1.54) is 12.1 Å². The Kier molecular flexibility index (Phi) is 6.35. The fourth-order valence-corrected chi connectivity index (χ4v) is 3.10. The van der Waals surface area contributed by atoms with Crippen molar-refractivity contribution < 1.29 is 14.6 Å². The third-order valence-corrected chi connectivity index (χ3v) is 4.38. The quantitative estimate of drug-likeness (QED) is 0.801. The van der Waals surface area contributed by atoms with E-state index in [0.717, 1.165) is 13.0 Å². The average Bonchev–Trinajstić information content (AvgIpc) is 2.54. The third kappa shape index (κ3) is 4.33. The van der Waals surface area contributed by atoms with Crippen LogP contribution in [0.2, 0.25) is 5.02 Å².